The van der Waals surface area contributed by atoms with E-state index in [-0.39, 0.29) is 24.9 Å². The summed E-state index contributed by atoms with van der Waals surface area (Å²) in [6, 6.07) is 13.6. The van der Waals surface area contributed by atoms with Crippen LogP contribution in [0.15, 0.2) is 60.7 Å². The molecule has 0 unspecified atom stereocenters. The summed E-state index contributed by atoms with van der Waals surface area (Å²) < 4.78 is 11.3. The Kier molecular flexibility index (Phi) is 10.8. The van der Waals surface area contributed by atoms with Crippen LogP contribution in [0.3, 0.4) is 0 Å². The standard InChI is InChI=1S/C25H30N2O7/c1-17(6-3-4-9-23(30)27-32)24(20-7-5-8-22(16-20)33-15-14-28)34-25(31)26-21-12-10-19(11-13-21)18(2)29/h4-5,7-13,16-17,24,28,32H,3,6,14-15H2,1-2H3,(H,26,31)(H,27,30)/b9-4+/t17-,24-/m0/s1. The zero-order valence-corrected chi connectivity index (χ0v) is 19.2. The Labute approximate surface area is 198 Å². The highest BCUT2D eigenvalue weighted by molar-refractivity contribution is 5.95. The van der Waals surface area contributed by atoms with Gasteiger partial charge in [0.2, 0.25) is 0 Å². The molecule has 0 aliphatic heterocycles. The fourth-order valence-electron chi connectivity index (χ4n) is 3.25. The van der Waals surface area contributed by atoms with Crippen molar-refractivity contribution in [2.75, 3.05) is 18.5 Å². The van der Waals surface area contributed by atoms with Crippen molar-refractivity contribution in [3.05, 3.63) is 71.8 Å². The second kappa shape index (κ2) is 13.8. The molecule has 0 radical (unpaired) electrons. The lowest BCUT2D eigenvalue weighted by molar-refractivity contribution is -0.124. The summed E-state index contributed by atoms with van der Waals surface area (Å²) in [6.45, 7) is 3.39. The fraction of sp³-hybridized carbons (Fsp3) is 0.320. The third kappa shape index (κ3) is 8.68. The number of ketones is 1. The van der Waals surface area contributed by atoms with E-state index >= 15 is 0 Å². The zero-order valence-electron chi connectivity index (χ0n) is 19.2. The smallest absolute Gasteiger partial charge is 0.412 e. The van der Waals surface area contributed by atoms with Gasteiger partial charge in [-0.05, 0) is 67.6 Å². The highest BCUT2D eigenvalue weighted by Crippen LogP contribution is 2.32. The molecular weight excluding hydrogens is 440 g/mol. The number of hydrogen-bond donors (Lipinski definition) is 4. The normalized spacial score (nSPS) is 12.6. The number of benzene rings is 2. The summed E-state index contributed by atoms with van der Waals surface area (Å²) in [7, 11) is 0. The summed E-state index contributed by atoms with van der Waals surface area (Å²) in [5.74, 6) is -0.297. The molecule has 0 bridgehead atoms. The number of ether oxygens (including phenoxy) is 2. The molecular formula is C25H30N2O7. The summed E-state index contributed by atoms with van der Waals surface area (Å²) in [5, 5.41) is 20.2. The van der Waals surface area contributed by atoms with E-state index in [9.17, 15) is 14.4 Å². The third-order valence-electron chi connectivity index (χ3n) is 5.00. The van der Waals surface area contributed by atoms with Gasteiger partial charge >= 0.3 is 6.09 Å². The van der Waals surface area contributed by atoms with Crippen molar-refractivity contribution in [3.8, 4) is 5.75 Å². The minimum atomic E-state index is -0.663. The second-order valence-corrected chi connectivity index (χ2v) is 7.66. The van der Waals surface area contributed by atoms with Crippen molar-refractivity contribution in [2.24, 2.45) is 5.92 Å². The van der Waals surface area contributed by atoms with Gasteiger partial charge < -0.3 is 14.6 Å². The minimum Gasteiger partial charge on any atom is -0.491 e. The van der Waals surface area contributed by atoms with Crippen LogP contribution in [-0.4, -0.2) is 41.3 Å². The first kappa shape index (κ1) is 26.6. The van der Waals surface area contributed by atoms with Gasteiger partial charge in [0.05, 0.1) is 6.61 Å². The summed E-state index contributed by atoms with van der Waals surface area (Å²) in [5.41, 5.74) is 3.26. The zero-order chi connectivity index (χ0) is 24.9. The third-order valence-corrected chi connectivity index (χ3v) is 5.00. The first-order valence-electron chi connectivity index (χ1n) is 10.9. The number of carbonyl (C=O) groups is 3. The molecule has 0 aromatic heterocycles. The number of Topliss-reactive ketones (excluding diaryl/α,β-unsaturated/α-hetero) is 1. The molecule has 34 heavy (non-hydrogen) atoms. The quantitative estimate of drug-likeness (QED) is 0.159. The number of amides is 2. The average Bonchev–Trinajstić information content (AvgIpc) is 2.84. The molecule has 0 fully saturated rings. The average molecular weight is 471 g/mol. The van der Waals surface area contributed by atoms with Crippen molar-refractivity contribution >= 4 is 23.5 Å². The number of aliphatic hydroxyl groups is 1. The largest absolute Gasteiger partial charge is 0.491 e. The number of aliphatic hydroxyl groups excluding tert-OH is 1. The lowest BCUT2D eigenvalue weighted by atomic mass is 9.93. The molecule has 2 amide bonds. The summed E-state index contributed by atoms with van der Waals surface area (Å²) in [4.78, 5) is 35.2. The Balaban J connectivity index is 2.15. The van der Waals surface area contributed by atoms with Crippen molar-refractivity contribution < 1.29 is 34.2 Å². The second-order valence-electron chi connectivity index (χ2n) is 7.66. The molecule has 0 spiro atoms. The van der Waals surface area contributed by atoms with Crippen LogP contribution in [0.1, 0.15) is 48.7 Å². The highest BCUT2D eigenvalue weighted by Gasteiger charge is 2.24. The Morgan fingerprint density at radius 1 is 1.12 bits per heavy atom. The Morgan fingerprint density at radius 3 is 2.50 bits per heavy atom. The number of allylic oxidation sites excluding steroid dienone is 1. The van der Waals surface area contributed by atoms with E-state index in [2.05, 4.69) is 5.32 Å². The molecule has 0 saturated carbocycles. The molecule has 4 N–H and O–H groups in total. The number of nitrogens with one attached hydrogen (secondary N) is 2. The predicted molar refractivity (Wildman–Crippen MR) is 126 cm³/mol. The number of hydroxylamine groups is 1. The number of carbonyl (C=O) groups excluding carboxylic acids is 3. The van der Waals surface area contributed by atoms with Crippen LogP contribution in [0.5, 0.6) is 5.75 Å². The Hall–Kier alpha value is -3.69. The Morgan fingerprint density at radius 2 is 1.85 bits per heavy atom. The lowest BCUT2D eigenvalue weighted by Crippen LogP contribution is -2.22. The SMILES string of the molecule is CC(=O)c1ccc(NC(=O)O[C@H](c2cccc(OCCO)c2)[C@@H](C)CC/C=C/C(=O)NO)cc1. The van der Waals surface area contributed by atoms with E-state index < -0.39 is 18.1 Å². The topological polar surface area (TPSA) is 134 Å². The van der Waals surface area contributed by atoms with E-state index in [1.54, 1.807) is 48.5 Å². The van der Waals surface area contributed by atoms with Crippen LogP contribution in [0.2, 0.25) is 0 Å². The van der Waals surface area contributed by atoms with Crippen molar-refractivity contribution in [2.45, 2.75) is 32.8 Å². The monoisotopic (exact) mass is 470 g/mol. The van der Waals surface area contributed by atoms with Gasteiger partial charge in [0.1, 0.15) is 18.5 Å². The lowest BCUT2D eigenvalue weighted by Gasteiger charge is -2.25. The first-order chi connectivity index (χ1) is 16.3. The maximum absolute atomic E-state index is 12.7. The van der Waals surface area contributed by atoms with Gasteiger partial charge in [-0.3, -0.25) is 20.1 Å². The van der Waals surface area contributed by atoms with Gasteiger partial charge in [-0.1, -0.05) is 25.1 Å². The van der Waals surface area contributed by atoms with E-state index in [0.29, 0.717) is 35.4 Å². The maximum Gasteiger partial charge on any atom is 0.412 e. The van der Waals surface area contributed by atoms with Crippen LogP contribution < -0.4 is 15.5 Å². The molecule has 2 aromatic rings. The number of rotatable bonds is 12. The van der Waals surface area contributed by atoms with E-state index in [0.717, 1.165) is 0 Å². The molecule has 0 saturated heterocycles. The van der Waals surface area contributed by atoms with E-state index in [1.165, 1.54) is 18.5 Å². The van der Waals surface area contributed by atoms with Crippen LogP contribution in [-0.2, 0) is 9.53 Å². The Bertz CT molecular complexity index is 989. The van der Waals surface area contributed by atoms with E-state index in [1.807, 2.05) is 13.0 Å². The van der Waals surface area contributed by atoms with Crippen molar-refractivity contribution in [3.63, 3.8) is 0 Å². The number of hydrogen-bond acceptors (Lipinski definition) is 7. The molecule has 2 atom stereocenters. The van der Waals surface area contributed by atoms with Gasteiger partial charge in [0, 0.05) is 17.3 Å². The fourth-order valence-corrected chi connectivity index (χ4v) is 3.25. The van der Waals surface area contributed by atoms with Gasteiger partial charge in [-0.25, -0.2) is 10.3 Å². The highest BCUT2D eigenvalue weighted by atomic mass is 16.6. The van der Waals surface area contributed by atoms with Gasteiger partial charge in [0.25, 0.3) is 5.91 Å². The van der Waals surface area contributed by atoms with Crippen molar-refractivity contribution in [1.29, 1.82) is 0 Å². The molecule has 9 heteroatoms. The minimum absolute atomic E-state index is 0.0724. The predicted octanol–water partition coefficient (Wildman–Crippen LogP) is 4.03. The molecule has 0 aliphatic carbocycles. The molecule has 0 aliphatic rings. The van der Waals surface area contributed by atoms with Crippen LogP contribution in [0.25, 0.3) is 0 Å². The van der Waals surface area contributed by atoms with Crippen LogP contribution in [0, 0.1) is 5.92 Å². The van der Waals surface area contributed by atoms with Crippen molar-refractivity contribution in [1.82, 2.24) is 5.48 Å². The molecule has 0 heterocycles. The number of anilines is 1. The first-order valence-corrected chi connectivity index (χ1v) is 10.9. The summed E-state index contributed by atoms with van der Waals surface area (Å²) >= 11 is 0. The summed E-state index contributed by atoms with van der Waals surface area (Å²) in [6.07, 6.45) is 2.66. The maximum atomic E-state index is 12.7. The van der Waals surface area contributed by atoms with Crippen LogP contribution >= 0.6 is 0 Å². The van der Waals surface area contributed by atoms with Crippen LogP contribution in [0.4, 0.5) is 10.5 Å². The molecule has 9 nitrogen and oxygen atoms in total. The van der Waals surface area contributed by atoms with Gasteiger partial charge in [-0.15, -0.1) is 0 Å². The van der Waals surface area contributed by atoms with Gasteiger partial charge in [0.15, 0.2) is 5.78 Å². The molecule has 2 aromatic carbocycles. The molecule has 2 rings (SSSR count). The molecule has 182 valence electrons. The van der Waals surface area contributed by atoms with Gasteiger partial charge in [-0.2, -0.15) is 0 Å². The van der Waals surface area contributed by atoms with E-state index in [4.69, 9.17) is 19.8 Å².